The zero-order valence-corrected chi connectivity index (χ0v) is 9.32. The molecule has 100 valence electrons. The Morgan fingerprint density at radius 2 is 1.42 bits per heavy atom. The molecule has 4 N–H and O–H groups in total. The van der Waals surface area contributed by atoms with Gasteiger partial charge in [-0.15, -0.1) is 0 Å². The summed E-state index contributed by atoms with van der Waals surface area (Å²) >= 11 is 0. The number of hydrogen-bond donors (Lipinski definition) is 4. The molecule has 2 rings (SSSR count). The van der Waals surface area contributed by atoms with E-state index in [9.17, 15) is 9.59 Å². The van der Waals surface area contributed by atoms with E-state index in [-0.39, 0.29) is 25.1 Å². The summed E-state index contributed by atoms with van der Waals surface area (Å²) in [7, 11) is 0. The van der Waals surface area contributed by atoms with Crippen LogP contribution in [0.5, 0.6) is 0 Å². The van der Waals surface area contributed by atoms with Gasteiger partial charge in [-0.3, -0.25) is 20.2 Å². The van der Waals surface area contributed by atoms with Gasteiger partial charge in [0.25, 0.3) is 11.8 Å². The van der Waals surface area contributed by atoms with Crippen molar-refractivity contribution in [2.24, 2.45) is 0 Å². The van der Waals surface area contributed by atoms with Crippen molar-refractivity contribution in [3.63, 3.8) is 0 Å². The van der Waals surface area contributed by atoms with Crippen molar-refractivity contribution < 1.29 is 14.3 Å². The monoisotopic (exact) mass is 268 g/mol. The lowest BCUT2D eigenvalue weighted by molar-refractivity contribution is -0.125. The van der Waals surface area contributed by atoms with Crippen LogP contribution < -0.4 is 10.6 Å². The molecule has 0 aliphatic carbocycles. The summed E-state index contributed by atoms with van der Waals surface area (Å²) in [5.74, 6) is -0.836. The summed E-state index contributed by atoms with van der Waals surface area (Å²) in [4.78, 5) is 22.6. The number of aromatic amines is 2. The van der Waals surface area contributed by atoms with Crippen molar-refractivity contribution >= 4 is 23.7 Å². The molecule has 0 aliphatic heterocycles. The van der Waals surface area contributed by atoms with Gasteiger partial charge in [-0.1, -0.05) is 10.2 Å². The third-order valence-corrected chi connectivity index (χ3v) is 1.67. The van der Waals surface area contributed by atoms with Gasteiger partial charge in [0, 0.05) is 0 Å². The van der Waals surface area contributed by atoms with Crippen molar-refractivity contribution in [2.45, 2.75) is 0 Å². The van der Waals surface area contributed by atoms with Crippen LogP contribution in [0.2, 0.25) is 0 Å². The summed E-state index contributed by atoms with van der Waals surface area (Å²) in [6, 6.07) is 0. The fourth-order valence-corrected chi connectivity index (χ4v) is 0.997. The molecular formula is C6H8N10O3. The van der Waals surface area contributed by atoms with E-state index < -0.39 is 11.8 Å². The highest BCUT2D eigenvalue weighted by Gasteiger charge is 2.08. The molecule has 2 amide bonds. The van der Waals surface area contributed by atoms with Crippen molar-refractivity contribution in [3.05, 3.63) is 0 Å². The van der Waals surface area contributed by atoms with E-state index in [2.05, 4.69) is 51.9 Å². The number of amides is 2. The molecule has 0 saturated carbocycles. The molecule has 2 aromatic heterocycles. The Labute approximate surface area is 104 Å². The van der Waals surface area contributed by atoms with E-state index in [4.69, 9.17) is 4.74 Å². The first-order valence-corrected chi connectivity index (χ1v) is 4.89. The molecule has 0 atom stereocenters. The molecular weight excluding hydrogens is 260 g/mol. The Balaban J connectivity index is 1.63. The maximum atomic E-state index is 11.3. The minimum absolute atomic E-state index is 0.0887. The average Bonchev–Trinajstić information content (AvgIpc) is 3.02. The third-order valence-electron chi connectivity index (χ3n) is 1.67. The van der Waals surface area contributed by atoms with E-state index in [1.807, 2.05) is 0 Å². The number of tetrazole rings is 2. The number of H-pyrrole nitrogens is 2. The first-order valence-electron chi connectivity index (χ1n) is 4.89. The van der Waals surface area contributed by atoms with Gasteiger partial charge in [-0.2, -0.15) is 0 Å². The number of hydrogen-bond acceptors (Lipinski definition) is 9. The van der Waals surface area contributed by atoms with Crippen molar-refractivity contribution in [3.8, 4) is 0 Å². The van der Waals surface area contributed by atoms with Gasteiger partial charge in [-0.25, -0.2) is 10.2 Å². The molecule has 0 unspecified atom stereocenters. The molecule has 0 aromatic carbocycles. The van der Waals surface area contributed by atoms with Gasteiger partial charge in [0.15, 0.2) is 0 Å². The molecule has 13 nitrogen and oxygen atoms in total. The predicted molar refractivity (Wildman–Crippen MR) is 56.4 cm³/mol. The standard InChI is InChI=1S/C6H8N10O3/c17-3(7-5-9-13-14-10-5)1-19-2-4(18)8-6-11-15-16-12-6/h1-2H2,(H2,7,9,10,13,14,17)(H2,8,11,12,15,16,18). The maximum Gasteiger partial charge on any atom is 0.252 e. The van der Waals surface area contributed by atoms with Gasteiger partial charge in [-0.05, 0) is 20.9 Å². The van der Waals surface area contributed by atoms with Crippen LogP contribution in [0.4, 0.5) is 11.9 Å². The summed E-state index contributed by atoms with van der Waals surface area (Å²) in [6.45, 7) is -0.661. The van der Waals surface area contributed by atoms with E-state index in [0.717, 1.165) is 0 Å². The average molecular weight is 268 g/mol. The first-order chi connectivity index (χ1) is 9.24. The second-order valence-electron chi connectivity index (χ2n) is 3.09. The summed E-state index contributed by atoms with van der Waals surface area (Å²) in [5.41, 5.74) is 0. The SMILES string of the molecule is O=C(COCC(=O)Nc1nnn[nH]1)Nc1nnn[nH]1. The molecule has 2 aromatic rings. The van der Waals surface area contributed by atoms with Gasteiger partial charge >= 0.3 is 0 Å². The van der Waals surface area contributed by atoms with Gasteiger partial charge in [0.1, 0.15) is 13.2 Å². The zero-order valence-electron chi connectivity index (χ0n) is 9.32. The zero-order chi connectivity index (χ0) is 13.5. The highest BCUT2D eigenvalue weighted by molar-refractivity contribution is 5.91. The molecule has 13 heteroatoms. The van der Waals surface area contributed by atoms with Gasteiger partial charge in [0.05, 0.1) is 0 Å². The quantitative estimate of drug-likeness (QED) is 0.434. The van der Waals surface area contributed by atoms with Crippen LogP contribution in [0.25, 0.3) is 0 Å². The minimum atomic E-state index is -0.507. The number of aromatic nitrogens is 8. The molecule has 0 aliphatic rings. The summed E-state index contributed by atoms with van der Waals surface area (Å²) in [5, 5.41) is 29.2. The summed E-state index contributed by atoms with van der Waals surface area (Å²) < 4.78 is 4.87. The van der Waals surface area contributed by atoms with E-state index in [0.29, 0.717) is 0 Å². The van der Waals surface area contributed by atoms with Crippen LogP contribution in [0.3, 0.4) is 0 Å². The number of nitrogens with one attached hydrogen (secondary N) is 4. The number of carbonyl (C=O) groups excluding carboxylic acids is 2. The maximum absolute atomic E-state index is 11.3. The highest BCUT2D eigenvalue weighted by Crippen LogP contribution is 1.92. The fourth-order valence-electron chi connectivity index (χ4n) is 0.997. The second-order valence-corrected chi connectivity index (χ2v) is 3.09. The lowest BCUT2D eigenvalue weighted by Crippen LogP contribution is -2.24. The van der Waals surface area contributed by atoms with Crippen LogP contribution >= 0.6 is 0 Å². The predicted octanol–water partition coefficient (Wildman–Crippen LogP) is -2.69. The number of ether oxygens (including phenoxy) is 1. The Kier molecular flexibility index (Phi) is 4.01. The number of anilines is 2. The van der Waals surface area contributed by atoms with Crippen molar-refractivity contribution in [1.29, 1.82) is 0 Å². The Morgan fingerprint density at radius 1 is 0.947 bits per heavy atom. The van der Waals surface area contributed by atoms with E-state index >= 15 is 0 Å². The number of rotatable bonds is 6. The Hall–Kier alpha value is -2.96. The lowest BCUT2D eigenvalue weighted by Gasteiger charge is -2.03. The molecule has 0 bridgehead atoms. The number of nitrogens with zero attached hydrogens (tertiary/aromatic N) is 6. The molecule has 0 fully saturated rings. The lowest BCUT2D eigenvalue weighted by atomic mass is 10.6. The van der Waals surface area contributed by atoms with Crippen LogP contribution in [-0.2, 0) is 14.3 Å². The first kappa shape index (κ1) is 12.5. The van der Waals surface area contributed by atoms with E-state index in [1.165, 1.54) is 0 Å². The smallest absolute Gasteiger partial charge is 0.252 e. The molecule has 0 radical (unpaired) electrons. The van der Waals surface area contributed by atoms with Crippen molar-refractivity contribution in [2.75, 3.05) is 23.8 Å². The topological polar surface area (TPSA) is 176 Å². The Bertz CT molecular complexity index is 473. The molecule has 19 heavy (non-hydrogen) atoms. The van der Waals surface area contributed by atoms with E-state index in [1.54, 1.807) is 0 Å². The molecule has 0 spiro atoms. The molecule has 2 heterocycles. The molecule has 0 saturated heterocycles. The van der Waals surface area contributed by atoms with Gasteiger partial charge < -0.3 is 4.74 Å². The van der Waals surface area contributed by atoms with Crippen LogP contribution in [-0.4, -0.2) is 66.3 Å². The normalized spacial score (nSPS) is 10.1. The fraction of sp³-hybridized carbons (Fsp3) is 0.333. The highest BCUT2D eigenvalue weighted by atomic mass is 16.5. The van der Waals surface area contributed by atoms with Crippen LogP contribution in [0.1, 0.15) is 0 Å². The van der Waals surface area contributed by atoms with Crippen LogP contribution in [0, 0.1) is 0 Å². The van der Waals surface area contributed by atoms with Crippen LogP contribution in [0.15, 0.2) is 0 Å². The number of carbonyl (C=O) groups is 2. The third kappa shape index (κ3) is 4.08. The van der Waals surface area contributed by atoms with Crippen molar-refractivity contribution in [1.82, 2.24) is 41.2 Å². The second kappa shape index (κ2) is 6.10. The largest absolute Gasteiger partial charge is 0.362 e. The van der Waals surface area contributed by atoms with Gasteiger partial charge in [0.2, 0.25) is 11.9 Å². The Morgan fingerprint density at radius 3 is 1.79 bits per heavy atom. The summed E-state index contributed by atoms with van der Waals surface area (Å²) in [6.07, 6.45) is 0. The minimum Gasteiger partial charge on any atom is -0.362 e.